The van der Waals surface area contributed by atoms with Gasteiger partial charge in [-0.3, -0.25) is 19.3 Å². The summed E-state index contributed by atoms with van der Waals surface area (Å²) in [7, 11) is 0. The first-order chi connectivity index (χ1) is 16.3. The van der Waals surface area contributed by atoms with Crippen LogP contribution in [-0.2, 0) is 19.1 Å². The van der Waals surface area contributed by atoms with Crippen molar-refractivity contribution < 1.29 is 23.9 Å². The SMILES string of the molecule is CC(NC(=O)COC(=O)C12CCC(=O)N1c1ccccc1C(=O)N2C1CC1)c1ccc(Cl)cc1. The standard InChI is InChI=1S/C25H24ClN3O5/c1-15(16-6-8-17(26)9-7-16)27-21(30)14-34-24(33)25-13-12-22(31)29(25)20-5-3-2-4-19(20)23(32)28(25)18-10-11-18/h2-9,15,18H,10-14H2,1H3,(H,27,30). The van der Waals surface area contributed by atoms with Crippen molar-refractivity contribution in [3.05, 3.63) is 64.7 Å². The lowest BCUT2D eigenvalue weighted by atomic mass is 9.96. The number of nitrogens with zero attached hydrogens (tertiary/aromatic N) is 2. The van der Waals surface area contributed by atoms with E-state index in [4.69, 9.17) is 16.3 Å². The minimum atomic E-state index is -1.56. The molecular formula is C25H24ClN3O5. The second kappa shape index (κ2) is 8.43. The van der Waals surface area contributed by atoms with Gasteiger partial charge in [0.25, 0.3) is 11.8 Å². The van der Waals surface area contributed by atoms with Crippen LogP contribution < -0.4 is 10.2 Å². The summed E-state index contributed by atoms with van der Waals surface area (Å²) in [5, 5.41) is 3.38. The van der Waals surface area contributed by atoms with Crippen LogP contribution in [-0.4, -0.2) is 46.9 Å². The number of amides is 3. The van der Waals surface area contributed by atoms with Gasteiger partial charge in [-0.2, -0.15) is 0 Å². The maximum atomic E-state index is 13.5. The number of fused-ring (bicyclic) bond motifs is 3. The highest BCUT2D eigenvalue weighted by Gasteiger charge is 2.64. The number of carbonyl (C=O) groups excluding carboxylic acids is 4. The fourth-order valence-electron chi connectivity index (χ4n) is 4.88. The number of rotatable bonds is 6. The minimum absolute atomic E-state index is 0.111. The highest BCUT2D eigenvalue weighted by molar-refractivity contribution is 6.30. The Balaban J connectivity index is 1.36. The normalized spacial score (nSPS) is 22.2. The van der Waals surface area contributed by atoms with Crippen LogP contribution >= 0.6 is 11.6 Å². The lowest BCUT2D eigenvalue weighted by Crippen LogP contribution is -2.69. The third-order valence-electron chi connectivity index (χ3n) is 6.62. The van der Waals surface area contributed by atoms with Gasteiger partial charge in [0, 0.05) is 23.9 Å². The molecule has 0 radical (unpaired) electrons. The van der Waals surface area contributed by atoms with Crippen molar-refractivity contribution in [1.29, 1.82) is 0 Å². The molecule has 1 saturated heterocycles. The average molecular weight is 482 g/mol. The summed E-state index contributed by atoms with van der Waals surface area (Å²) in [6.07, 6.45) is 1.75. The second-order valence-electron chi connectivity index (χ2n) is 8.89. The fourth-order valence-corrected chi connectivity index (χ4v) is 5.00. The number of carbonyl (C=O) groups is 4. The van der Waals surface area contributed by atoms with E-state index in [2.05, 4.69) is 5.32 Å². The molecule has 5 rings (SSSR count). The Hall–Kier alpha value is -3.39. The van der Waals surface area contributed by atoms with Gasteiger partial charge in [-0.1, -0.05) is 35.9 Å². The average Bonchev–Trinajstić information content (AvgIpc) is 3.60. The van der Waals surface area contributed by atoms with Crippen molar-refractivity contribution in [2.45, 2.75) is 50.4 Å². The maximum Gasteiger partial charge on any atom is 0.354 e. The predicted octanol–water partition coefficient (Wildman–Crippen LogP) is 3.20. The smallest absolute Gasteiger partial charge is 0.354 e. The molecule has 0 bridgehead atoms. The number of para-hydroxylation sites is 1. The van der Waals surface area contributed by atoms with E-state index < -0.39 is 24.1 Å². The van der Waals surface area contributed by atoms with Gasteiger partial charge in [0.2, 0.25) is 11.6 Å². The molecule has 2 aliphatic heterocycles. The summed E-state index contributed by atoms with van der Waals surface area (Å²) < 4.78 is 5.46. The van der Waals surface area contributed by atoms with Crippen LogP contribution in [0, 0.1) is 0 Å². The van der Waals surface area contributed by atoms with Crippen LogP contribution in [0.1, 0.15) is 54.6 Å². The topological polar surface area (TPSA) is 96.0 Å². The van der Waals surface area contributed by atoms with Crippen molar-refractivity contribution >= 4 is 41.0 Å². The molecule has 1 aliphatic carbocycles. The molecule has 176 valence electrons. The van der Waals surface area contributed by atoms with Crippen molar-refractivity contribution in [1.82, 2.24) is 10.2 Å². The van der Waals surface area contributed by atoms with E-state index in [1.54, 1.807) is 48.5 Å². The lowest BCUT2D eigenvalue weighted by Gasteiger charge is -2.48. The highest BCUT2D eigenvalue weighted by atomic mass is 35.5. The van der Waals surface area contributed by atoms with Gasteiger partial charge in [0.05, 0.1) is 17.3 Å². The summed E-state index contributed by atoms with van der Waals surface area (Å²) in [6, 6.07) is 13.4. The zero-order valence-corrected chi connectivity index (χ0v) is 19.4. The highest BCUT2D eigenvalue weighted by Crippen LogP contribution is 2.49. The van der Waals surface area contributed by atoms with Crippen LogP contribution in [0.15, 0.2) is 48.5 Å². The molecule has 2 fully saturated rings. The molecule has 8 nitrogen and oxygen atoms in total. The number of halogens is 1. The van der Waals surface area contributed by atoms with E-state index in [1.807, 2.05) is 6.92 Å². The van der Waals surface area contributed by atoms with E-state index >= 15 is 0 Å². The molecule has 34 heavy (non-hydrogen) atoms. The van der Waals surface area contributed by atoms with Crippen molar-refractivity contribution in [3.8, 4) is 0 Å². The Morgan fingerprint density at radius 2 is 1.85 bits per heavy atom. The Bertz CT molecular complexity index is 1180. The first-order valence-corrected chi connectivity index (χ1v) is 11.7. The molecule has 3 aliphatic rings. The number of esters is 1. The molecule has 1 N–H and O–H groups in total. The van der Waals surface area contributed by atoms with Crippen LogP contribution in [0.4, 0.5) is 5.69 Å². The largest absolute Gasteiger partial charge is 0.452 e. The lowest BCUT2D eigenvalue weighted by molar-refractivity contribution is -0.160. The van der Waals surface area contributed by atoms with Crippen LogP contribution in [0.2, 0.25) is 5.02 Å². The quantitative estimate of drug-likeness (QED) is 0.639. The van der Waals surface area contributed by atoms with Crippen LogP contribution in [0.3, 0.4) is 0 Å². The van der Waals surface area contributed by atoms with E-state index in [0.29, 0.717) is 16.3 Å². The molecule has 2 aromatic carbocycles. The predicted molar refractivity (Wildman–Crippen MR) is 124 cm³/mol. The Morgan fingerprint density at radius 1 is 1.15 bits per heavy atom. The molecular weight excluding hydrogens is 458 g/mol. The summed E-state index contributed by atoms with van der Waals surface area (Å²) in [5.41, 5.74) is 0.0862. The number of hydrogen-bond acceptors (Lipinski definition) is 5. The van der Waals surface area contributed by atoms with Gasteiger partial charge in [0.15, 0.2) is 6.61 Å². The number of hydrogen-bond donors (Lipinski definition) is 1. The molecule has 0 aromatic heterocycles. The van der Waals surface area contributed by atoms with Gasteiger partial charge in [-0.15, -0.1) is 0 Å². The van der Waals surface area contributed by atoms with Crippen LogP contribution in [0.25, 0.3) is 0 Å². The van der Waals surface area contributed by atoms with Gasteiger partial charge >= 0.3 is 5.97 Å². The Kier molecular flexibility index (Phi) is 5.56. The van der Waals surface area contributed by atoms with E-state index in [1.165, 1.54) is 9.80 Å². The summed E-state index contributed by atoms with van der Waals surface area (Å²) >= 11 is 5.91. The number of anilines is 1. The summed E-state index contributed by atoms with van der Waals surface area (Å²) in [5.74, 6) is -1.78. The first kappa shape index (κ1) is 22.4. The first-order valence-electron chi connectivity index (χ1n) is 11.3. The fraction of sp³-hybridized carbons (Fsp3) is 0.360. The second-order valence-corrected chi connectivity index (χ2v) is 9.32. The van der Waals surface area contributed by atoms with Crippen LogP contribution in [0.5, 0.6) is 0 Å². The molecule has 9 heteroatoms. The number of ether oxygens (including phenoxy) is 1. The minimum Gasteiger partial charge on any atom is -0.452 e. The third kappa shape index (κ3) is 3.62. The van der Waals surface area contributed by atoms with Crippen molar-refractivity contribution in [3.63, 3.8) is 0 Å². The monoisotopic (exact) mass is 481 g/mol. The molecule has 1 saturated carbocycles. The van der Waals surface area contributed by atoms with E-state index in [-0.39, 0.29) is 36.7 Å². The van der Waals surface area contributed by atoms with E-state index in [0.717, 1.165) is 18.4 Å². The van der Waals surface area contributed by atoms with Gasteiger partial charge in [0.1, 0.15) is 0 Å². The Morgan fingerprint density at radius 3 is 2.56 bits per heavy atom. The molecule has 0 spiro atoms. The number of nitrogens with one attached hydrogen (secondary N) is 1. The maximum absolute atomic E-state index is 13.5. The molecule has 2 aromatic rings. The zero-order valence-electron chi connectivity index (χ0n) is 18.6. The number of benzene rings is 2. The molecule has 2 heterocycles. The molecule has 3 amide bonds. The van der Waals surface area contributed by atoms with Crippen molar-refractivity contribution in [2.24, 2.45) is 0 Å². The van der Waals surface area contributed by atoms with Crippen molar-refractivity contribution in [2.75, 3.05) is 11.5 Å². The van der Waals surface area contributed by atoms with Gasteiger partial charge in [-0.25, -0.2) is 4.79 Å². The third-order valence-corrected chi connectivity index (χ3v) is 6.87. The van der Waals surface area contributed by atoms with Gasteiger partial charge in [-0.05, 0) is 49.6 Å². The van der Waals surface area contributed by atoms with Gasteiger partial charge < -0.3 is 15.0 Å². The summed E-state index contributed by atoms with van der Waals surface area (Å²) in [6.45, 7) is 1.29. The van der Waals surface area contributed by atoms with E-state index in [9.17, 15) is 19.2 Å². The molecule has 2 unspecified atom stereocenters. The Labute approximate surface area is 201 Å². The molecule has 2 atom stereocenters. The summed E-state index contributed by atoms with van der Waals surface area (Å²) in [4.78, 5) is 55.3. The zero-order chi connectivity index (χ0) is 24.0.